The van der Waals surface area contributed by atoms with Crippen molar-refractivity contribution in [3.8, 4) is 11.1 Å². The molecule has 258 valence electrons. The van der Waals surface area contributed by atoms with Crippen LogP contribution in [-0.4, -0.2) is 68.6 Å². The molecule has 0 radical (unpaired) electrons. The fourth-order valence-corrected chi connectivity index (χ4v) is 7.09. The first-order valence-corrected chi connectivity index (χ1v) is 17.5. The molecule has 2 aliphatic rings. The molecule has 3 aromatic carbocycles. The second-order valence-electron chi connectivity index (χ2n) is 13.2. The van der Waals surface area contributed by atoms with Gasteiger partial charge in [0.25, 0.3) is 0 Å². The average molecular weight is 681 g/mol. The minimum absolute atomic E-state index is 0.0498. The highest BCUT2D eigenvalue weighted by atomic mass is 16.2. The van der Waals surface area contributed by atoms with E-state index in [1.165, 1.54) is 0 Å². The van der Waals surface area contributed by atoms with E-state index in [0.717, 1.165) is 52.4 Å². The van der Waals surface area contributed by atoms with E-state index in [1.54, 1.807) is 23.2 Å². The molecule has 0 saturated carbocycles. The Balaban J connectivity index is 0.935. The Bertz CT molecular complexity index is 2040. The van der Waals surface area contributed by atoms with Crippen molar-refractivity contribution in [2.45, 2.75) is 57.0 Å². The van der Waals surface area contributed by atoms with E-state index in [1.807, 2.05) is 95.9 Å². The molecule has 4 amide bonds. The first-order valence-electron chi connectivity index (χ1n) is 17.5. The Kier molecular flexibility index (Phi) is 10.1. The number of likely N-dealkylation sites (tertiary alicyclic amines) is 2. The number of aromatic nitrogens is 2. The summed E-state index contributed by atoms with van der Waals surface area (Å²) in [7, 11) is 0. The van der Waals surface area contributed by atoms with E-state index in [0.29, 0.717) is 37.6 Å². The highest BCUT2D eigenvalue weighted by Crippen LogP contribution is 2.27. The molecule has 4 heterocycles. The maximum absolute atomic E-state index is 13.2. The van der Waals surface area contributed by atoms with Crippen molar-refractivity contribution in [3.63, 3.8) is 0 Å². The van der Waals surface area contributed by atoms with Gasteiger partial charge in [0, 0.05) is 42.7 Å². The standard InChI is InChI=1S/C41H40N6O4/c48-38(26-33-13-7-21-46(33)39(49)23-28-9-3-1-4-10-28)44-36-19-17-32(27-42-36)30-15-18-34-31(25-30)16-20-37(43-34)45-41(51)35-14-8-22-47(35)40(50)24-29-11-5-2-6-12-29/h1-6,9-12,15-20,25,27,33,35H,7-8,13-14,21-24,26H2,(H,42,44,48)(H,43,45,51)/t33-,35-/m0/s1. The van der Waals surface area contributed by atoms with Gasteiger partial charge in [0.1, 0.15) is 17.7 Å². The fourth-order valence-electron chi connectivity index (χ4n) is 7.09. The van der Waals surface area contributed by atoms with Crippen LogP contribution in [0.4, 0.5) is 11.6 Å². The molecule has 0 unspecified atom stereocenters. The molecule has 0 spiro atoms. The zero-order chi connectivity index (χ0) is 35.2. The van der Waals surface area contributed by atoms with Gasteiger partial charge in [0.15, 0.2) is 0 Å². The molecule has 0 bridgehead atoms. The summed E-state index contributed by atoms with van der Waals surface area (Å²) in [5, 5.41) is 6.71. The number of amides is 4. The molecular weight excluding hydrogens is 640 g/mol. The van der Waals surface area contributed by atoms with Crippen LogP contribution in [0.1, 0.15) is 43.2 Å². The van der Waals surface area contributed by atoms with Gasteiger partial charge in [-0.15, -0.1) is 0 Å². The Morgan fingerprint density at radius 2 is 1.31 bits per heavy atom. The van der Waals surface area contributed by atoms with Crippen molar-refractivity contribution in [3.05, 3.63) is 120 Å². The van der Waals surface area contributed by atoms with Gasteiger partial charge in [-0.3, -0.25) is 19.2 Å². The first-order chi connectivity index (χ1) is 24.9. The van der Waals surface area contributed by atoms with E-state index >= 15 is 0 Å². The summed E-state index contributed by atoms with van der Waals surface area (Å²) < 4.78 is 0. The third-order valence-corrected chi connectivity index (χ3v) is 9.70. The van der Waals surface area contributed by atoms with Gasteiger partial charge in [-0.1, -0.05) is 66.7 Å². The van der Waals surface area contributed by atoms with Crippen molar-refractivity contribution in [1.82, 2.24) is 19.8 Å². The zero-order valence-electron chi connectivity index (χ0n) is 28.3. The monoisotopic (exact) mass is 680 g/mol. The predicted octanol–water partition coefficient (Wildman–Crippen LogP) is 6.03. The van der Waals surface area contributed by atoms with Crippen molar-refractivity contribution in [1.29, 1.82) is 0 Å². The molecule has 2 fully saturated rings. The number of nitrogens with zero attached hydrogens (tertiary/aromatic N) is 4. The molecular formula is C41H40N6O4. The number of nitrogens with one attached hydrogen (secondary N) is 2. The largest absolute Gasteiger partial charge is 0.339 e. The van der Waals surface area contributed by atoms with Crippen LogP contribution in [0, 0.1) is 0 Å². The Morgan fingerprint density at radius 1 is 0.667 bits per heavy atom. The second kappa shape index (κ2) is 15.3. The Labute approximate surface area is 296 Å². The topological polar surface area (TPSA) is 125 Å². The van der Waals surface area contributed by atoms with Crippen LogP contribution in [0.3, 0.4) is 0 Å². The third-order valence-electron chi connectivity index (χ3n) is 9.70. The van der Waals surface area contributed by atoms with Crippen molar-refractivity contribution in [2.75, 3.05) is 23.7 Å². The van der Waals surface area contributed by atoms with Crippen LogP contribution in [0.2, 0.25) is 0 Å². The van der Waals surface area contributed by atoms with Crippen molar-refractivity contribution in [2.24, 2.45) is 0 Å². The highest BCUT2D eigenvalue weighted by molar-refractivity contribution is 5.98. The number of anilines is 2. The van der Waals surface area contributed by atoms with Gasteiger partial charge in [-0.05, 0) is 78.8 Å². The van der Waals surface area contributed by atoms with Crippen molar-refractivity contribution >= 4 is 46.2 Å². The molecule has 2 aromatic heterocycles. The van der Waals surface area contributed by atoms with Gasteiger partial charge in [-0.25, -0.2) is 9.97 Å². The van der Waals surface area contributed by atoms with Crippen LogP contribution < -0.4 is 10.6 Å². The Morgan fingerprint density at radius 3 is 2.02 bits per heavy atom. The lowest BCUT2D eigenvalue weighted by atomic mass is 10.0. The fraction of sp³-hybridized carbons (Fsp3) is 0.268. The number of benzene rings is 3. The number of hydrogen-bond acceptors (Lipinski definition) is 6. The van der Waals surface area contributed by atoms with Crippen LogP contribution in [0.5, 0.6) is 0 Å². The van der Waals surface area contributed by atoms with E-state index in [4.69, 9.17) is 0 Å². The number of rotatable bonds is 10. The lowest BCUT2D eigenvalue weighted by Crippen LogP contribution is -2.43. The van der Waals surface area contributed by atoms with Gasteiger partial charge in [0.2, 0.25) is 23.6 Å². The normalized spacial score (nSPS) is 17.0. The lowest BCUT2D eigenvalue weighted by molar-refractivity contribution is -0.136. The third kappa shape index (κ3) is 8.12. The lowest BCUT2D eigenvalue weighted by Gasteiger charge is -2.24. The average Bonchev–Trinajstić information content (AvgIpc) is 3.83. The second-order valence-corrected chi connectivity index (χ2v) is 13.2. The number of hydrogen-bond donors (Lipinski definition) is 2. The quantitative estimate of drug-likeness (QED) is 0.186. The number of carbonyl (C=O) groups excluding carboxylic acids is 4. The summed E-state index contributed by atoms with van der Waals surface area (Å²) in [5.74, 6) is 0.492. The minimum Gasteiger partial charge on any atom is -0.339 e. The van der Waals surface area contributed by atoms with Gasteiger partial charge >= 0.3 is 0 Å². The van der Waals surface area contributed by atoms with Gasteiger partial charge < -0.3 is 20.4 Å². The molecule has 0 aliphatic carbocycles. The van der Waals surface area contributed by atoms with E-state index in [2.05, 4.69) is 20.6 Å². The number of fused-ring (bicyclic) bond motifs is 1. The molecule has 2 saturated heterocycles. The van der Waals surface area contributed by atoms with E-state index in [9.17, 15) is 19.2 Å². The van der Waals surface area contributed by atoms with Crippen LogP contribution in [0.15, 0.2) is 109 Å². The van der Waals surface area contributed by atoms with Gasteiger partial charge in [-0.2, -0.15) is 0 Å². The van der Waals surface area contributed by atoms with E-state index in [-0.39, 0.29) is 42.5 Å². The van der Waals surface area contributed by atoms with Gasteiger partial charge in [0.05, 0.1) is 18.4 Å². The van der Waals surface area contributed by atoms with E-state index < -0.39 is 6.04 Å². The predicted molar refractivity (Wildman–Crippen MR) is 197 cm³/mol. The molecule has 2 aliphatic heterocycles. The molecule has 7 rings (SSSR count). The Hall–Kier alpha value is -5.90. The number of pyridine rings is 2. The number of carbonyl (C=O) groups is 4. The summed E-state index contributed by atoms with van der Waals surface area (Å²) in [4.78, 5) is 64.8. The first kappa shape index (κ1) is 33.6. The summed E-state index contributed by atoms with van der Waals surface area (Å²) >= 11 is 0. The summed E-state index contributed by atoms with van der Waals surface area (Å²) in [6.45, 7) is 1.24. The summed E-state index contributed by atoms with van der Waals surface area (Å²) in [5.41, 5.74) is 4.43. The summed E-state index contributed by atoms with van der Waals surface area (Å²) in [6, 6.07) is 31.8. The molecule has 51 heavy (non-hydrogen) atoms. The van der Waals surface area contributed by atoms with Crippen molar-refractivity contribution < 1.29 is 19.2 Å². The molecule has 2 N–H and O–H groups in total. The SMILES string of the molecule is O=C(C[C@@H]1CCCN1C(=O)Cc1ccccc1)Nc1ccc(-c2ccc3nc(NC(=O)[C@@H]4CCCN4C(=O)Cc4ccccc4)ccc3c2)cn1. The molecule has 10 heteroatoms. The molecule has 5 aromatic rings. The maximum Gasteiger partial charge on any atom is 0.248 e. The van der Waals surface area contributed by atoms with Crippen LogP contribution in [-0.2, 0) is 32.0 Å². The van der Waals surface area contributed by atoms with Crippen LogP contribution in [0.25, 0.3) is 22.0 Å². The maximum atomic E-state index is 13.2. The zero-order valence-corrected chi connectivity index (χ0v) is 28.3. The summed E-state index contributed by atoms with van der Waals surface area (Å²) in [6.07, 6.45) is 5.65. The smallest absolute Gasteiger partial charge is 0.248 e. The highest BCUT2D eigenvalue weighted by Gasteiger charge is 2.34. The van der Waals surface area contributed by atoms with Crippen LogP contribution >= 0.6 is 0 Å². The minimum atomic E-state index is -0.520. The molecule has 2 atom stereocenters. The molecule has 10 nitrogen and oxygen atoms in total.